The predicted octanol–water partition coefficient (Wildman–Crippen LogP) is 0.520. The molecule has 1 aliphatic rings. The Morgan fingerprint density at radius 1 is 1.64 bits per heavy atom. The molecule has 4 heteroatoms. The Balaban J connectivity index is 2.32. The second-order valence-corrected chi connectivity index (χ2v) is 3.85. The number of fused-ring (bicyclic) bond motifs is 1. The minimum atomic E-state index is -0.445. The highest BCUT2D eigenvalue weighted by molar-refractivity contribution is 5.20. The molecule has 1 aliphatic heterocycles. The number of nitrogens with two attached hydrogens (primary N) is 1. The van der Waals surface area contributed by atoms with Crippen molar-refractivity contribution >= 4 is 0 Å². The van der Waals surface area contributed by atoms with E-state index in [4.69, 9.17) is 5.73 Å². The lowest BCUT2D eigenvalue weighted by molar-refractivity contribution is 0.160. The van der Waals surface area contributed by atoms with E-state index in [9.17, 15) is 5.11 Å². The molecule has 1 atom stereocenters. The Bertz CT molecular complexity index is 332. The van der Waals surface area contributed by atoms with Crippen LogP contribution in [-0.4, -0.2) is 21.2 Å². The summed E-state index contributed by atoms with van der Waals surface area (Å²) in [6, 6.07) is 0. The lowest BCUT2D eigenvalue weighted by Crippen LogP contribution is -2.12. The molecule has 0 spiro atoms. The topological polar surface area (TPSA) is 64.1 Å². The van der Waals surface area contributed by atoms with Gasteiger partial charge in [-0.3, -0.25) is 0 Å². The van der Waals surface area contributed by atoms with Crippen LogP contribution in [0.25, 0.3) is 0 Å². The smallest absolute Gasteiger partial charge is 0.109 e. The number of aliphatic hydroxyl groups excluding tert-OH is 1. The molecule has 1 unspecified atom stereocenters. The first-order valence-corrected chi connectivity index (χ1v) is 5.18. The average Bonchev–Trinajstić information content (AvgIpc) is 2.63. The fraction of sp³-hybridized carbons (Fsp3) is 0.700. The maximum Gasteiger partial charge on any atom is 0.109 e. The average molecular weight is 195 g/mol. The van der Waals surface area contributed by atoms with E-state index in [1.165, 1.54) is 0 Å². The van der Waals surface area contributed by atoms with Crippen LogP contribution in [0, 0.1) is 6.92 Å². The number of hydrogen-bond donors (Lipinski definition) is 2. The predicted molar refractivity (Wildman–Crippen MR) is 53.9 cm³/mol. The SMILES string of the molecule is Cc1nc2n(c1C(O)CCN)CCC2. The summed E-state index contributed by atoms with van der Waals surface area (Å²) in [6.45, 7) is 3.47. The first kappa shape index (κ1) is 9.68. The van der Waals surface area contributed by atoms with Gasteiger partial charge in [0.05, 0.1) is 17.5 Å². The molecule has 0 radical (unpaired) electrons. The maximum atomic E-state index is 9.91. The van der Waals surface area contributed by atoms with E-state index in [2.05, 4.69) is 9.55 Å². The van der Waals surface area contributed by atoms with E-state index < -0.39 is 6.10 Å². The van der Waals surface area contributed by atoms with Crippen molar-refractivity contribution < 1.29 is 5.11 Å². The van der Waals surface area contributed by atoms with Crippen LogP contribution in [0.15, 0.2) is 0 Å². The Morgan fingerprint density at radius 2 is 2.43 bits per heavy atom. The molecule has 0 amide bonds. The molecule has 14 heavy (non-hydrogen) atoms. The highest BCUT2D eigenvalue weighted by atomic mass is 16.3. The van der Waals surface area contributed by atoms with E-state index in [1.54, 1.807) is 0 Å². The van der Waals surface area contributed by atoms with Crippen molar-refractivity contribution in [3.63, 3.8) is 0 Å². The van der Waals surface area contributed by atoms with Gasteiger partial charge in [-0.2, -0.15) is 0 Å². The Labute approximate surface area is 83.8 Å². The van der Waals surface area contributed by atoms with Crippen LogP contribution in [0.4, 0.5) is 0 Å². The van der Waals surface area contributed by atoms with Gasteiger partial charge in [-0.05, 0) is 26.3 Å². The lowest BCUT2D eigenvalue weighted by atomic mass is 10.1. The van der Waals surface area contributed by atoms with Crippen LogP contribution < -0.4 is 5.73 Å². The molecule has 0 aliphatic carbocycles. The second kappa shape index (κ2) is 3.71. The summed E-state index contributed by atoms with van der Waals surface area (Å²) < 4.78 is 2.15. The maximum absolute atomic E-state index is 9.91. The quantitative estimate of drug-likeness (QED) is 0.739. The van der Waals surface area contributed by atoms with Crippen molar-refractivity contribution in [1.29, 1.82) is 0 Å². The number of nitrogens with zero attached hydrogens (tertiary/aromatic N) is 2. The highest BCUT2D eigenvalue weighted by Gasteiger charge is 2.23. The van der Waals surface area contributed by atoms with Gasteiger partial charge in [0.1, 0.15) is 5.82 Å². The third kappa shape index (κ3) is 1.44. The van der Waals surface area contributed by atoms with E-state index in [0.29, 0.717) is 13.0 Å². The molecule has 4 nitrogen and oxygen atoms in total. The van der Waals surface area contributed by atoms with Crippen molar-refractivity contribution in [3.8, 4) is 0 Å². The number of hydrogen-bond acceptors (Lipinski definition) is 3. The summed E-state index contributed by atoms with van der Waals surface area (Å²) in [4.78, 5) is 4.46. The standard InChI is InChI=1S/C10H17N3O/c1-7-10(8(14)4-5-11)13-6-2-3-9(13)12-7/h8,14H,2-6,11H2,1H3. The number of rotatable bonds is 3. The number of aryl methyl sites for hydroxylation is 2. The van der Waals surface area contributed by atoms with Crippen molar-refractivity contribution in [2.45, 2.75) is 38.8 Å². The van der Waals surface area contributed by atoms with Gasteiger partial charge in [-0.25, -0.2) is 4.98 Å². The van der Waals surface area contributed by atoms with E-state index in [-0.39, 0.29) is 0 Å². The molecule has 78 valence electrons. The van der Waals surface area contributed by atoms with Crippen LogP contribution >= 0.6 is 0 Å². The van der Waals surface area contributed by atoms with Crippen LogP contribution in [0.1, 0.15) is 36.2 Å². The summed E-state index contributed by atoms with van der Waals surface area (Å²) in [6.07, 6.45) is 2.35. The van der Waals surface area contributed by atoms with E-state index >= 15 is 0 Å². The third-order valence-electron chi connectivity index (χ3n) is 2.81. The van der Waals surface area contributed by atoms with Crippen LogP contribution in [-0.2, 0) is 13.0 Å². The van der Waals surface area contributed by atoms with Crippen LogP contribution in [0.2, 0.25) is 0 Å². The second-order valence-electron chi connectivity index (χ2n) is 3.85. The third-order valence-corrected chi connectivity index (χ3v) is 2.81. The zero-order chi connectivity index (χ0) is 10.1. The Morgan fingerprint density at radius 3 is 3.14 bits per heavy atom. The molecule has 2 heterocycles. The summed E-state index contributed by atoms with van der Waals surface area (Å²) in [5.41, 5.74) is 7.38. The largest absolute Gasteiger partial charge is 0.387 e. The van der Waals surface area contributed by atoms with Gasteiger partial charge in [0.25, 0.3) is 0 Å². The molecule has 2 rings (SSSR count). The first-order valence-electron chi connectivity index (χ1n) is 5.18. The Hall–Kier alpha value is -0.870. The van der Waals surface area contributed by atoms with Crippen LogP contribution in [0.3, 0.4) is 0 Å². The lowest BCUT2D eigenvalue weighted by Gasteiger charge is -2.12. The summed E-state index contributed by atoms with van der Waals surface area (Å²) in [5.74, 6) is 1.12. The minimum absolute atomic E-state index is 0.445. The molecule has 0 bridgehead atoms. The molecule has 0 saturated heterocycles. The normalized spacial score (nSPS) is 17.1. The summed E-state index contributed by atoms with van der Waals surface area (Å²) in [5, 5.41) is 9.91. The highest BCUT2D eigenvalue weighted by Crippen LogP contribution is 2.26. The molecule has 0 aromatic carbocycles. The number of aliphatic hydroxyl groups is 1. The van der Waals surface area contributed by atoms with Crippen LogP contribution in [0.5, 0.6) is 0 Å². The number of aromatic nitrogens is 2. The van der Waals surface area contributed by atoms with Crippen molar-refractivity contribution in [1.82, 2.24) is 9.55 Å². The number of imidazole rings is 1. The van der Waals surface area contributed by atoms with E-state index in [0.717, 1.165) is 36.6 Å². The van der Waals surface area contributed by atoms with Crippen molar-refractivity contribution in [3.05, 3.63) is 17.2 Å². The molecule has 1 aromatic rings. The van der Waals surface area contributed by atoms with Gasteiger partial charge in [0.2, 0.25) is 0 Å². The van der Waals surface area contributed by atoms with Gasteiger partial charge in [0.15, 0.2) is 0 Å². The van der Waals surface area contributed by atoms with Gasteiger partial charge in [-0.1, -0.05) is 0 Å². The van der Waals surface area contributed by atoms with Crippen molar-refractivity contribution in [2.24, 2.45) is 5.73 Å². The van der Waals surface area contributed by atoms with Gasteiger partial charge >= 0.3 is 0 Å². The van der Waals surface area contributed by atoms with Crippen molar-refractivity contribution in [2.75, 3.05) is 6.54 Å². The van der Waals surface area contributed by atoms with E-state index in [1.807, 2.05) is 6.92 Å². The zero-order valence-corrected chi connectivity index (χ0v) is 8.53. The molecular formula is C10H17N3O. The van der Waals surface area contributed by atoms with Gasteiger partial charge < -0.3 is 15.4 Å². The minimum Gasteiger partial charge on any atom is -0.387 e. The Kier molecular flexibility index (Phi) is 2.56. The molecule has 0 saturated carbocycles. The fourth-order valence-electron chi connectivity index (χ4n) is 2.20. The summed E-state index contributed by atoms with van der Waals surface area (Å²) in [7, 11) is 0. The molecule has 3 N–H and O–H groups in total. The van der Waals surface area contributed by atoms with Gasteiger partial charge in [-0.15, -0.1) is 0 Å². The molecule has 1 aromatic heterocycles. The van der Waals surface area contributed by atoms with Gasteiger partial charge in [0, 0.05) is 13.0 Å². The zero-order valence-electron chi connectivity index (χ0n) is 8.53. The molecule has 0 fully saturated rings. The molecular weight excluding hydrogens is 178 g/mol. The summed E-state index contributed by atoms with van der Waals surface area (Å²) >= 11 is 0. The monoisotopic (exact) mass is 195 g/mol. The first-order chi connectivity index (χ1) is 6.74. The fourth-order valence-corrected chi connectivity index (χ4v) is 2.20.